The lowest BCUT2D eigenvalue weighted by Crippen LogP contribution is -2.53. The van der Waals surface area contributed by atoms with Crippen molar-refractivity contribution in [2.24, 2.45) is 12.5 Å². The molecule has 0 unspecified atom stereocenters. The van der Waals surface area contributed by atoms with Gasteiger partial charge >= 0.3 is 0 Å². The summed E-state index contributed by atoms with van der Waals surface area (Å²) in [4.78, 5) is 9.23. The zero-order valence-corrected chi connectivity index (χ0v) is 15.4. The van der Waals surface area contributed by atoms with Gasteiger partial charge in [-0.3, -0.25) is 19.5 Å². The van der Waals surface area contributed by atoms with E-state index in [-0.39, 0.29) is 0 Å². The molecular weight excluding hydrogens is 310 g/mol. The second-order valence-corrected chi connectivity index (χ2v) is 8.13. The Hall–Kier alpha value is -1.72. The van der Waals surface area contributed by atoms with Gasteiger partial charge in [-0.25, -0.2) is 0 Å². The Labute approximate surface area is 150 Å². The minimum atomic E-state index is 0.614. The Bertz CT molecular complexity index is 679. The summed E-state index contributed by atoms with van der Waals surface area (Å²) in [7, 11) is 4.27. The number of aromatic nitrogens is 3. The summed E-state index contributed by atoms with van der Waals surface area (Å²) in [5.74, 6) is 0. The van der Waals surface area contributed by atoms with E-state index in [2.05, 4.69) is 45.3 Å². The largest absolute Gasteiger partial charge is 0.299 e. The summed E-state index contributed by atoms with van der Waals surface area (Å²) in [5.41, 5.74) is 3.31. The molecule has 5 heteroatoms. The highest BCUT2D eigenvalue weighted by molar-refractivity contribution is 5.11. The van der Waals surface area contributed by atoms with E-state index >= 15 is 0 Å². The van der Waals surface area contributed by atoms with Gasteiger partial charge in [-0.05, 0) is 68.9 Å². The van der Waals surface area contributed by atoms with Crippen LogP contribution in [0.1, 0.15) is 36.8 Å². The Kier molecular flexibility index (Phi) is 4.61. The van der Waals surface area contributed by atoms with Crippen molar-refractivity contribution in [1.29, 1.82) is 0 Å². The van der Waals surface area contributed by atoms with Gasteiger partial charge in [-0.2, -0.15) is 5.10 Å². The van der Waals surface area contributed by atoms with Crippen LogP contribution in [0.25, 0.3) is 0 Å². The second-order valence-electron chi connectivity index (χ2n) is 8.13. The van der Waals surface area contributed by atoms with Crippen molar-refractivity contribution in [2.75, 3.05) is 20.1 Å². The Morgan fingerprint density at radius 3 is 2.52 bits per heavy atom. The van der Waals surface area contributed by atoms with E-state index in [1.54, 1.807) is 0 Å². The van der Waals surface area contributed by atoms with Gasteiger partial charge in [0.15, 0.2) is 0 Å². The molecule has 0 amide bonds. The molecule has 0 aromatic carbocycles. The first-order chi connectivity index (χ1) is 12.1. The SMILES string of the molecule is CN(Cc1ccncc1)C1CC2(CCN(Cc3cnn(C)c3)CC2)C1. The molecule has 1 aliphatic heterocycles. The van der Waals surface area contributed by atoms with E-state index in [0.29, 0.717) is 5.41 Å². The first-order valence-electron chi connectivity index (χ1n) is 9.41. The number of aryl methyl sites for hydroxylation is 1. The molecule has 1 spiro atoms. The topological polar surface area (TPSA) is 37.2 Å². The smallest absolute Gasteiger partial charge is 0.0534 e. The predicted octanol–water partition coefficient (Wildman–Crippen LogP) is 2.69. The second kappa shape index (κ2) is 6.89. The highest BCUT2D eigenvalue weighted by Crippen LogP contribution is 2.51. The lowest BCUT2D eigenvalue weighted by Gasteiger charge is -2.54. The van der Waals surface area contributed by atoms with Crippen LogP contribution in [0.4, 0.5) is 0 Å². The molecule has 1 saturated carbocycles. The average Bonchev–Trinajstić information content (AvgIpc) is 2.99. The molecular formula is C20H29N5. The van der Waals surface area contributed by atoms with E-state index in [4.69, 9.17) is 0 Å². The van der Waals surface area contributed by atoms with Crippen LogP contribution in [0.5, 0.6) is 0 Å². The zero-order chi connectivity index (χ0) is 17.3. The quantitative estimate of drug-likeness (QED) is 0.839. The average molecular weight is 339 g/mol. The third kappa shape index (κ3) is 3.77. The summed E-state index contributed by atoms with van der Waals surface area (Å²) < 4.78 is 1.90. The zero-order valence-electron chi connectivity index (χ0n) is 15.4. The minimum Gasteiger partial charge on any atom is -0.299 e. The van der Waals surface area contributed by atoms with E-state index < -0.39 is 0 Å². The molecule has 0 radical (unpaired) electrons. The fraction of sp³-hybridized carbons (Fsp3) is 0.600. The maximum atomic E-state index is 4.28. The molecule has 0 bridgehead atoms. The molecule has 25 heavy (non-hydrogen) atoms. The first kappa shape index (κ1) is 16.7. The van der Waals surface area contributed by atoms with Crippen molar-refractivity contribution >= 4 is 0 Å². The fourth-order valence-electron chi connectivity index (χ4n) is 4.56. The number of nitrogens with zero attached hydrogens (tertiary/aromatic N) is 5. The van der Waals surface area contributed by atoms with Crippen LogP contribution in [0, 0.1) is 5.41 Å². The molecule has 2 aliphatic rings. The van der Waals surface area contributed by atoms with Crippen LogP contribution in [0.3, 0.4) is 0 Å². The van der Waals surface area contributed by atoms with Gasteiger partial charge in [0.25, 0.3) is 0 Å². The number of likely N-dealkylation sites (tertiary alicyclic amines) is 1. The van der Waals surface area contributed by atoms with Crippen LogP contribution in [0.15, 0.2) is 36.9 Å². The molecule has 1 saturated heterocycles. The molecule has 1 aliphatic carbocycles. The number of hydrogen-bond acceptors (Lipinski definition) is 4. The lowest BCUT2D eigenvalue weighted by molar-refractivity contribution is -0.0385. The molecule has 0 N–H and O–H groups in total. The van der Waals surface area contributed by atoms with Crippen LogP contribution < -0.4 is 0 Å². The summed E-state index contributed by atoms with van der Waals surface area (Å²) in [6.45, 7) is 4.55. The van der Waals surface area contributed by atoms with Crippen molar-refractivity contribution in [3.05, 3.63) is 48.0 Å². The fourth-order valence-corrected chi connectivity index (χ4v) is 4.56. The number of piperidine rings is 1. The summed E-state index contributed by atoms with van der Waals surface area (Å²) >= 11 is 0. The van der Waals surface area contributed by atoms with Crippen molar-refractivity contribution in [2.45, 2.75) is 44.8 Å². The van der Waals surface area contributed by atoms with Crippen molar-refractivity contribution in [3.63, 3.8) is 0 Å². The third-order valence-corrected chi connectivity index (χ3v) is 6.22. The van der Waals surface area contributed by atoms with Crippen molar-refractivity contribution in [3.8, 4) is 0 Å². The van der Waals surface area contributed by atoms with Crippen molar-refractivity contribution in [1.82, 2.24) is 24.6 Å². The van der Waals surface area contributed by atoms with E-state index in [1.165, 1.54) is 49.9 Å². The normalized spacial score (nSPS) is 20.9. The maximum absolute atomic E-state index is 4.28. The Balaban J connectivity index is 1.23. The van der Waals surface area contributed by atoms with Gasteiger partial charge in [-0.1, -0.05) is 0 Å². The third-order valence-electron chi connectivity index (χ3n) is 6.22. The van der Waals surface area contributed by atoms with Crippen LogP contribution in [0.2, 0.25) is 0 Å². The summed E-state index contributed by atoms with van der Waals surface area (Å²) in [6, 6.07) is 5.00. The number of rotatable bonds is 5. The van der Waals surface area contributed by atoms with Gasteiger partial charge < -0.3 is 0 Å². The monoisotopic (exact) mass is 339 g/mol. The molecule has 0 atom stereocenters. The molecule has 2 aromatic heterocycles. The highest BCUT2D eigenvalue weighted by Gasteiger charge is 2.46. The summed E-state index contributed by atoms with van der Waals surface area (Å²) in [5, 5.41) is 4.28. The molecule has 2 fully saturated rings. The summed E-state index contributed by atoms with van der Waals surface area (Å²) in [6.07, 6.45) is 13.4. The first-order valence-corrected chi connectivity index (χ1v) is 9.41. The van der Waals surface area contributed by atoms with E-state index in [1.807, 2.05) is 30.3 Å². The van der Waals surface area contributed by atoms with Gasteiger partial charge in [0.2, 0.25) is 0 Å². The predicted molar refractivity (Wildman–Crippen MR) is 98.9 cm³/mol. The highest BCUT2D eigenvalue weighted by atomic mass is 15.2. The molecule has 4 rings (SSSR count). The molecule has 134 valence electrons. The standard InChI is InChI=1S/C20H29N5/c1-23(14-17-3-7-21-8-4-17)19-11-20(12-19)5-9-25(10-6-20)16-18-13-22-24(2)15-18/h3-4,7-8,13,15,19H,5-6,9-12,14,16H2,1-2H3. The van der Waals surface area contributed by atoms with Crippen LogP contribution in [-0.4, -0.2) is 50.7 Å². The Morgan fingerprint density at radius 1 is 1.16 bits per heavy atom. The van der Waals surface area contributed by atoms with Gasteiger partial charge in [0.1, 0.15) is 0 Å². The minimum absolute atomic E-state index is 0.614. The number of hydrogen-bond donors (Lipinski definition) is 0. The van der Waals surface area contributed by atoms with Gasteiger partial charge in [0, 0.05) is 50.3 Å². The molecule has 5 nitrogen and oxygen atoms in total. The molecule has 2 aromatic rings. The van der Waals surface area contributed by atoms with E-state index in [9.17, 15) is 0 Å². The van der Waals surface area contributed by atoms with Gasteiger partial charge in [-0.15, -0.1) is 0 Å². The van der Waals surface area contributed by atoms with E-state index in [0.717, 1.165) is 19.1 Å². The van der Waals surface area contributed by atoms with Crippen molar-refractivity contribution < 1.29 is 0 Å². The Morgan fingerprint density at radius 2 is 1.88 bits per heavy atom. The van der Waals surface area contributed by atoms with Gasteiger partial charge in [0.05, 0.1) is 6.20 Å². The van der Waals surface area contributed by atoms with Crippen LogP contribution >= 0.6 is 0 Å². The molecule has 3 heterocycles. The number of pyridine rings is 1. The van der Waals surface area contributed by atoms with Crippen LogP contribution in [-0.2, 0) is 20.1 Å². The lowest BCUT2D eigenvalue weighted by atomic mass is 9.60. The maximum Gasteiger partial charge on any atom is 0.0534 e.